The van der Waals surface area contributed by atoms with Gasteiger partial charge < -0.3 is 4.90 Å². The summed E-state index contributed by atoms with van der Waals surface area (Å²) >= 11 is 0. The first-order valence-corrected chi connectivity index (χ1v) is 10.1. The van der Waals surface area contributed by atoms with Crippen LogP contribution in [0.2, 0.25) is 0 Å². The van der Waals surface area contributed by atoms with Crippen LogP contribution in [0.5, 0.6) is 0 Å². The molecular formula is C18H25FN2O3S. The van der Waals surface area contributed by atoms with Crippen molar-refractivity contribution in [2.75, 3.05) is 19.6 Å². The Kier molecular flexibility index (Phi) is 7.13. The zero-order chi connectivity index (χ0) is 18.3. The number of hydrogen-bond donors (Lipinski definition) is 1. The first-order chi connectivity index (χ1) is 11.9. The zero-order valence-electron chi connectivity index (χ0n) is 14.5. The predicted octanol–water partition coefficient (Wildman–Crippen LogP) is 2.84. The van der Waals surface area contributed by atoms with Gasteiger partial charge in [0.25, 0.3) is 0 Å². The third kappa shape index (κ3) is 6.25. The molecule has 0 spiro atoms. The van der Waals surface area contributed by atoms with Gasteiger partial charge in [0.15, 0.2) is 0 Å². The fourth-order valence-corrected chi connectivity index (χ4v) is 3.87. The SMILES string of the molecule is CC(=O)N(CCNS(=O)(=O)c1ccc(F)cc1)CCC1=CCCCC1. The number of nitrogens with one attached hydrogen (secondary N) is 1. The highest BCUT2D eigenvalue weighted by molar-refractivity contribution is 7.89. The Labute approximate surface area is 149 Å². The molecule has 0 heterocycles. The Bertz CT molecular complexity index is 714. The summed E-state index contributed by atoms with van der Waals surface area (Å²) in [5, 5.41) is 0. The quantitative estimate of drug-likeness (QED) is 0.718. The van der Waals surface area contributed by atoms with E-state index in [0.717, 1.165) is 31.4 Å². The molecule has 0 unspecified atom stereocenters. The van der Waals surface area contributed by atoms with E-state index in [4.69, 9.17) is 0 Å². The number of carbonyl (C=O) groups is 1. The fourth-order valence-electron chi connectivity index (χ4n) is 2.85. The van der Waals surface area contributed by atoms with Crippen molar-refractivity contribution in [1.82, 2.24) is 9.62 Å². The van der Waals surface area contributed by atoms with E-state index in [1.165, 1.54) is 37.5 Å². The second-order valence-electron chi connectivity index (χ2n) is 6.22. The molecule has 2 rings (SSSR count). The molecule has 5 nitrogen and oxygen atoms in total. The van der Waals surface area contributed by atoms with E-state index in [-0.39, 0.29) is 17.3 Å². The molecule has 7 heteroatoms. The molecule has 1 aromatic rings. The van der Waals surface area contributed by atoms with Crippen LogP contribution in [0, 0.1) is 5.82 Å². The maximum absolute atomic E-state index is 12.9. The highest BCUT2D eigenvalue weighted by atomic mass is 32.2. The predicted molar refractivity (Wildman–Crippen MR) is 95.0 cm³/mol. The van der Waals surface area contributed by atoms with Crippen LogP contribution in [-0.2, 0) is 14.8 Å². The molecule has 0 bridgehead atoms. The number of carbonyl (C=O) groups excluding carboxylic acids is 1. The number of nitrogens with zero attached hydrogens (tertiary/aromatic N) is 1. The average Bonchev–Trinajstić information content (AvgIpc) is 2.59. The second-order valence-corrected chi connectivity index (χ2v) is 7.98. The highest BCUT2D eigenvalue weighted by Gasteiger charge is 2.15. The van der Waals surface area contributed by atoms with Crippen LogP contribution in [0.15, 0.2) is 40.8 Å². The van der Waals surface area contributed by atoms with E-state index in [0.29, 0.717) is 13.1 Å². The molecule has 0 saturated heterocycles. The Morgan fingerprint density at radius 3 is 2.52 bits per heavy atom. The Balaban J connectivity index is 1.85. The molecule has 1 aliphatic rings. The van der Waals surface area contributed by atoms with Gasteiger partial charge in [0.1, 0.15) is 5.82 Å². The Morgan fingerprint density at radius 2 is 1.92 bits per heavy atom. The number of benzene rings is 1. The topological polar surface area (TPSA) is 66.5 Å². The lowest BCUT2D eigenvalue weighted by Gasteiger charge is -2.23. The van der Waals surface area contributed by atoms with E-state index in [1.54, 1.807) is 4.90 Å². The van der Waals surface area contributed by atoms with Crippen LogP contribution < -0.4 is 4.72 Å². The summed E-state index contributed by atoms with van der Waals surface area (Å²) in [7, 11) is -3.70. The summed E-state index contributed by atoms with van der Waals surface area (Å²) < 4.78 is 39.7. The van der Waals surface area contributed by atoms with Crippen molar-refractivity contribution in [3.8, 4) is 0 Å². The lowest BCUT2D eigenvalue weighted by molar-refractivity contribution is -0.128. The van der Waals surface area contributed by atoms with E-state index in [9.17, 15) is 17.6 Å². The molecule has 0 fully saturated rings. The van der Waals surface area contributed by atoms with E-state index in [2.05, 4.69) is 10.8 Å². The number of amides is 1. The van der Waals surface area contributed by atoms with E-state index < -0.39 is 15.8 Å². The molecule has 1 N–H and O–H groups in total. The third-order valence-corrected chi connectivity index (χ3v) is 5.81. The maximum atomic E-state index is 12.9. The number of halogens is 1. The van der Waals surface area contributed by atoms with Gasteiger partial charge in [0.2, 0.25) is 15.9 Å². The van der Waals surface area contributed by atoms with Gasteiger partial charge in [0, 0.05) is 26.6 Å². The van der Waals surface area contributed by atoms with Gasteiger partial charge >= 0.3 is 0 Å². The van der Waals surface area contributed by atoms with Crippen LogP contribution in [0.25, 0.3) is 0 Å². The normalized spacial score (nSPS) is 14.9. The molecule has 1 aliphatic carbocycles. The van der Waals surface area contributed by atoms with Crippen molar-refractivity contribution >= 4 is 15.9 Å². The minimum absolute atomic E-state index is 0.00985. The van der Waals surface area contributed by atoms with Gasteiger partial charge in [0.05, 0.1) is 4.90 Å². The number of hydrogen-bond acceptors (Lipinski definition) is 3. The van der Waals surface area contributed by atoms with Crippen LogP contribution in [-0.4, -0.2) is 38.9 Å². The first kappa shape index (κ1) is 19.6. The van der Waals surface area contributed by atoms with E-state index >= 15 is 0 Å². The lowest BCUT2D eigenvalue weighted by atomic mass is 9.97. The van der Waals surface area contributed by atoms with Crippen molar-refractivity contribution in [3.63, 3.8) is 0 Å². The highest BCUT2D eigenvalue weighted by Crippen LogP contribution is 2.20. The summed E-state index contributed by atoms with van der Waals surface area (Å²) in [4.78, 5) is 13.4. The number of allylic oxidation sites excluding steroid dienone is 1. The summed E-state index contributed by atoms with van der Waals surface area (Å²) in [6.07, 6.45) is 7.70. The Hall–Kier alpha value is -1.73. The minimum atomic E-state index is -3.70. The summed E-state index contributed by atoms with van der Waals surface area (Å²) in [6, 6.07) is 4.65. The molecule has 1 aromatic carbocycles. The summed E-state index contributed by atoms with van der Waals surface area (Å²) in [6.45, 7) is 2.52. The Morgan fingerprint density at radius 1 is 1.20 bits per heavy atom. The minimum Gasteiger partial charge on any atom is -0.341 e. The fraction of sp³-hybridized carbons (Fsp3) is 0.500. The number of rotatable bonds is 8. The maximum Gasteiger partial charge on any atom is 0.240 e. The number of sulfonamides is 1. The molecular weight excluding hydrogens is 343 g/mol. The van der Waals surface area contributed by atoms with Crippen LogP contribution in [0.3, 0.4) is 0 Å². The monoisotopic (exact) mass is 368 g/mol. The molecule has 0 radical (unpaired) electrons. The van der Waals surface area contributed by atoms with Crippen molar-refractivity contribution in [2.24, 2.45) is 0 Å². The van der Waals surface area contributed by atoms with Crippen LogP contribution in [0.1, 0.15) is 39.0 Å². The second kappa shape index (κ2) is 9.10. The van der Waals surface area contributed by atoms with Gasteiger partial charge in [-0.05, 0) is 56.4 Å². The standard InChI is InChI=1S/C18H25FN2O3S/c1-15(22)21(13-11-16-5-3-2-4-6-16)14-12-20-25(23,24)18-9-7-17(19)8-10-18/h5,7-10,20H,2-4,6,11-14H2,1H3. The van der Waals surface area contributed by atoms with Crippen molar-refractivity contribution < 1.29 is 17.6 Å². The molecule has 138 valence electrons. The van der Waals surface area contributed by atoms with E-state index in [1.807, 2.05) is 0 Å². The molecule has 0 aliphatic heterocycles. The summed E-state index contributed by atoms with van der Waals surface area (Å²) in [5.74, 6) is -0.559. The third-order valence-electron chi connectivity index (χ3n) is 4.33. The summed E-state index contributed by atoms with van der Waals surface area (Å²) in [5.41, 5.74) is 1.38. The average molecular weight is 368 g/mol. The molecule has 0 aromatic heterocycles. The van der Waals surface area contributed by atoms with Crippen molar-refractivity contribution in [1.29, 1.82) is 0 Å². The zero-order valence-corrected chi connectivity index (χ0v) is 15.3. The smallest absolute Gasteiger partial charge is 0.240 e. The van der Waals surface area contributed by atoms with Crippen LogP contribution in [0.4, 0.5) is 4.39 Å². The molecule has 1 amide bonds. The van der Waals surface area contributed by atoms with Crippen molar-refractivity contribution in [2.45, 2.75) is 43.9 Å². The molecule has 25 heavy (non-hydrogen) atoms. The van der Waals surface area contributed by atoms with Gasteiger partial charge in [-0.25, -0.2) is 17.5 Å². The van der Waals surface area contributed by atoms with Gasteiger partial charge in [-0.15, -0.1) is 0 Å². The van der Waals surface area contributed by atoms with Crippen LogP contribution >= 0.6 is 0 Å². The van der Waals surface area contributed by atoms with Gasteiger partial charge in [-0.3, -0.25) is 4.79 Å². The largest absolute Gasteiger partial charge is 0.341 e. The first-order valence-electron chi connectivity index (χ1n) is 8.57. The van der Waals surface area contributed by atoms with Gasteiger partial charge in [-0.2, -0.15) is 0 Å². The lowest BCUT2D eigenvalue weighted by Crippen LogP contribution is -2.38. The molecule has 0 saturated carbocycles. The van der Waals surface area contributed by atoms with Crippen molar-refractivity contribution in [3.05, 3.63) is 41.7 Å². The van der Waals surface area contributed by atoms with Gasteiger partial charge in [-0.1, -0.05) is 11.6 Å². The molecule has 0 atom stereocenters.